The van der Waals surface area contributed by atoms with Crippen LogP contribution in [0.5, 0.6) is 0 Å². The second-order valence-corrected chi connectivity index (χ2v) is 2.33. The Hall–Kier alpha value is -0.440. The SMILES string of the molecule is O=C(F)C1CCNCC1. The number of hydrogen-bond donors (Lipinski definition) is 1. The van der Waals surface area contributed by atoms with E-state index in [1.165, 1.54) is 0 Å². The van der Waals surface area contributed by atoms with E-state index >= 15 is 0 Å². The molecule has 52 valence electrons. The van der Waals surface area contributed by atoms with Crippen LogP contribution < -0.4 is 5.32 Å². The van der Waals surface area contributed by atoms with Gasteiger partial charge in [0.25, 0.3) is 0 Å². The van der Waals surface area contributed by atoms with Gasteiger partial charge in [-0.15, -0.1) is 0 Å². The fourth-order valence-electron chi connectivity index (χ4n) is 1.05. The van der Waals surface area contributed by atoms with Crippen molar-refractivity contribution in [3.63, 3.8) is 0 Å². The monoisotopic (exact) mass is 131 g/mol. The number of halogens is 1. The average Bonchev–Trinajstić information content (AvgIpc) is 1.90. The van der Waals surface area contributed by atoms with Crippen LogP contribution in [-0.4, -0.2) is 19.1 Å². The first-order valence-corrected chi connectivity index (χ1v) is 3.21. The van der Waals surface area contributed by atoms with Crippen molar-refractivity contribution >= 4 is 6.04 Å². The Labute approximate surface area is 53.4 Å². The molecule has 0 radical (unpaired) electrons. The van der Waals surface area contributed by atoms with Gasteiger partial charge < -0.3 is 5.32 Å². The molecule has 0 spiro atoms. The zero-order valence-corrected chi connectivity index (χ0v) is 5.19. The lowest BCUT2D eigenvalue weighted by atomic mass is 9.99. The maximum absolute atomic E-state index is 11.9. The minimum atomic E-state index is -1.14. The Morgan fingerprint density at radius 2 is 2.00 bits per heavy atom. The van der Waals surface area contributed by atoms with Crippen LogP contribution in [0, 0.1) is 5.92 Å². The molecule has 0 amide bonds. The number of rotatable bonds is 1. The second-order valence-electron chi connectivity index (χ2n) is 2.33. The first-order chi connectivity index (χ1) is 4.30. The van der Waals surface area contributed by atoms with Crippen molar-refractivity contribution in [2.24, 2.45) is 5.92 Å². The van der Waals surface area contributed by atoms with Crippen molar-refractivity contribution in [1.29, 1.82) is 0 Å². The molecular weight excluding hydrogens is 121 g/mol. The van der Waals surface area contributed by atoms with Crippen molar-refractivity contribution in [2.75, 3.05) is 13.1 Å². The second kappa shape index (κ2) is 2.92. The van der Waals surface area contributed by atoms with E-state index in [2.05, 4.69) is 5.32 Å². The third kappa shape index (κ3) is 1.75. The molecule has 3 heteroatoms. The van der Waals surface area contributed by atoms with Crippen molar-refractivity contribution in [3.05, 3.63) is 0 Å². The van der Waals surface area contributed by atoms with E-state index in [0.29, 0.717) is 12.8 Å². The highest BCUT2D eigenvalue weighted by Gasteiger charge is 2.19. The summed E-state index contributed by atoms with van der Waals surface area (Å²) < 4.78 is 11.9. The number of carbonyl (C=O) groups excluding carboxylic acids is 1. The van der Waals surface area contributed by atoms with Gasteiger partial charge in [-0.1, -0.05) is 0 Å². The zero-order chi connectivity index (χ0) is 6.69. The van der Waals surface area contributed by atoms with Gasteiger partial charge in [0.15, 0.2) is 0 Å². The minimum Gasteiger partial charge on any atom is -0.317 e. The van der Waals surface area contributed by atoms with Gasteiger partial charge in [-0.25, -0.2) is 0 Å². The smallest absolute Gasteiger partial charge is 0.304 e. The van der Waals surface area contributed by atoms with Crippen molar-refractivity contribution in [3.8, 4) is 0 Å². The maximum atomic E-state index is 11.9. The Balaban J connectivity index is 2.31. The summed E-state index contributed by atoms with van der Waals surface area (Å²) in [4.78, 5) is 10.1. The van der Waals surface area contributed by atoms with Gasteiger partial charge in [0.1, 0.15) is 0 Å². The van der Waals surface area contributed by atoms with Crippen LogP contribution in [0.3, 0.4) is 0 Å². The highest BCUT2D eigenvalue weighted by Crippen LogP contribution is 2.12. The molecule has 1 heterocycles. The van der Waals surface area contributed by atoms with Crippen molar-refractivity contribution in [2.45, 2.75) is 12.8 Å². The van der Waals surface area contributed by atoms with Crippen LogP contribution in [0.15, 0.2) is 0 Å². The van der Waals surface area contributed by atoms with E-state index in [1.807, 2.05) is 0 Å². The number of nitrogens with one attached hydrogen (secondary N) is 1. The Kier molecular flexibility index (Phi) is 2.16. The molecule has 1 aliphatic rings. The third-order valence-electron chi connectivity index (χ3n) is 1.66. The number of carbonyl (C=O) groups is 1. The molecule has 0 saturated carbocycles. The molecule has 1 rings (SSSR count). The fourth-order valence-corrected chi connectivity index (χ4v) is 1.05. The Morgan fingerprint density at radius 1 is 1.44 bits per heavy atom. The predicted molar refractivity (Wildman–Crippen MR) is 31.7 cm³/mol. The Bertz CT molecular complexity index is 110. The summed E-state index contributed by atoms with van der Waals surface area (Å²) in [6, 6.07) is -1.14. The molecule has 0 aromatic rings. The molecule has 1 N–H and O–H groups in total. The standard InChI is InChI=1S/C6H10FNO/c7-6(9)5-1-3-8-4-2-5/h5,8H,1-4H2. The maximum Gasteiger partial charge on any atom is 0.304 e. The van der Waals surface area contributed by atoms with Crippen molar-refractivity contribution < 1.29 is 9.18 Å². The lowest BCUT2D eigenvalue weighted by Gasteiger charge is -2.17. The highest BCUT2D eigenvalue weighted by atomic mass is 19.1. The number of piperidine rings is 1. The van der Waals surface area contributed by atoms with Gasteiger partial charge in [-0.05, 0) is 25.9 Å². The summed E-state index contributed by atoms with van der Waals surface area (Å²) in [6.45, 7) is 1.56. The van der Waals surface area contributed by atoms with E-state index in [4.69, 9.17) is 0 Å². The van der Waals surface area contributed by atoms with E-state index in [9.17, 15) is 9.18 Å². The summed E-state index contributed by atoms with van der Waals surface area (Å²) in [5.74, 6) is -0.314. The molecule has 1 saturated heterocycles. The molecule has 9 heavy (non-hydrogen) atoms. The van der Waals surface area contributed by atoms with E-state index in [1.54, 1.807) is 0 Å². The van der Waals surface area contributed by atoms with Crippen LogP contribution >= 0.6 is 0 Å². The highest BCUT2D eigenvalue weighted by molar-refractivity contribution is 5.71. The van der Waals surface area contributed by atoms with E-state index < -0.39 is 6.04 Å². The summed E-state index contributed by atoms with van der Waals surface area (Å²) >= 11 is 0. The van der Waals surface area contributed by atoms with Gasteiger partial charge in [-0.2, -0.15) is 4.39 Å². The molecule has 1 fully saturated rings. The summed E-state index contributed by atoms with van der Waals surface area (Å²) in [7, 11) is 0. The van der Waals surface area contributed by atoms with Crippen LogP contribution in [0.4, 0.5) is 4.39 Å². The molecule has 0 atom stereocenters. The molecule has 1 aliphatic heterocycles. The van der Waals surface area contributed by atoms with Gasteiger partial charge >= 0.3 is 6.04 Å². The van der Waals surface area contributed by atoms with Crippen LogP contribution in [0.25, 0.3) is 0 Å². The molecule has 0 aromatic heterocycles. The molecule has 0 unspecified atom stereocenters. The number of hydrogen-bond acceptors (Lipinski definition) is 2. The first kappa shape index (κ1) is 6.68. The molecule has 2 nitrogen and oxygen atoms in total. The third-order valence-corrected chi connectivity index (χ3v) is 1.66. The van der Waals surface area contributed by atoms with Crippen LogP contribution in [0.2, 0.25) is 0 Å². The average molecular weight is 131 g/mol. The summed E-state index contributed by atoms with van der Waals surface area (Å²) in [6.07, 6.45) is 1.32. The first-order valence-electron chi connectivity index (χ1n) is 3.21. The topological polar surface area (TPSA) is 29.1 Å². The Morgan fingerprint density at radius 3 is 2.33 bits per heavy atom. The van der Waals surface area contributed by atoms with E-state index in [-0.39, 0.29) is 5.92 Å². The molecule has 0 bridgehead atoms. The van der Waals surface area contributed by atoms with Gasteiger partial charge in [0, 0.05) is 0 Å². The quantitative estimate of drug-likeness (QED) is 0.524. The predicted octanol–water partition coefficient (Wildman–Crippen LogP) is 0.482. The van der Waals surface area contributed by atoms with Gasteiger partial charge in [0.2, 0.25) is 0 Å². The molecule has 0 aromatic carbocycles. The van der Waals surface area contributed by atoms with Crippen LogP contribution in [0.1, 0.15) is 12.8 Å². The molecule has 0 aliphatic carbocycles. The van der Waals surface area contributed by atoms with Gasteiger partial charge in [0.05, 0.1) is 5.92 Å². The lowest BCUT2D eigenvalue weighted by molar-refractivity contribution is -0.134. The van der Waals surface area contributed by atoms with Gasteiger partial charge in [-0.3, -0.25) is 4.79 Å². The largest absolute Gasteiger partial charge is 0.317 e. The molecular formula is C6H10FNO. The fraction of sp³-hybridized carbons (Fsp3) is 0.833. The minimum absolute atomic E-state index is 0.314. The van der Waals surface area contributed by atoms with Crippen LogP contribution in [-0.2, 0) is 4.79 Å². The summed E-state index contributed by atoms with van der Waals surface area (Å²) in [5, 5.41) is 3.05. The lowest BCUT2D eigenvalue weighted by Crippen LogP contribution is -2.30. The summed E-state index contributed by atoms with van der Waals surface area (Å²) in [5.41, 5.74) is 0. The van der Waals surface area contributed by atoms with E-state index in [0.717, 1.165) is 13.1 Å². The zero-order valence-electron chi connectivity index (χ0n) is 5.19. The normalized spacial score (nSPS) is 21.9. The van der Waals surface area contributed by atoms with Crippen molar-refractivity contribution in [1.82, 2.24) is 5.32 Å².